The second-order valence-corrected chi connectivity index (χ2v) is 6.37. The van der Waals surface area contributed by atoms with E-state index in [-0.39, 0.29) is 17.9 Å². The molecule has 2 aromatic rings. The normalized spacial score (nSPS) is 10.8. The standard InChI is InChI=1S/C19H16BrN3O5/c1-2-27-17-9-13(6-14(10-21)19(22)24)8-16(20)18(17)28-11-12-4-3-5-15(7-12)23(25)26/h3-9H,2,11H2,1H3,(H2,22,24)/b14-6+. The highest BCUT2D eigenvalue weighted by Crippen LogP contribution is 2.38. The maximum atomic E-state index is 11.2. The number of ether oxygens (including phenoxy) is 2. The van der Waals surface area contributed by atoms with E-state index in [2.05, 4.69) is 15.9 Å². The number of carbonyl (C=O) groups is 1. The first kappa shape index (κ1) is 20.9. The SMILES string of the molecule is CCOc1cc(/C=C(\C#N)C(N)=O)cc(Br)c1OCc1cccc([N+](=O)[O-])c1. The molecule has 0 aliphatic rings. The number of nitrogens with zero attached hydrogens (tertiary/aromatic N) is 2. The molecule has 0 spiro atoms. The highest BCUT2D eigenvalue weighted by Gasteiger charge is 2.14. The lowest BCUT2D eigenvalue weighted by molar-refractivity contribution is -0.384. The number of carbonyl (C=O) groups excluding carboxylic acids is 1. The average molecular weight is 446 g/mol. The number of amides is 1. The van der Waals surface area contributed by atoms with Crippen LogP contribution in [0, 0.1) is 21.4 Å². The van der Waals surface area contributed by atoms with Crippen molar-refractivity contribution >= 4 is 33.6 Å². The van der Waals surface area contributed by atoms with Crippen molar-refractivity contribution in [2.75, 3.05) is 6.61 Å². The summed E-state index contributed by atoms with van der Waals surface area (Å²) in [5.74, 6) is -0.0546. The summed E-state index contributed by atoms with van der Waals surface area (Å²) < 4.78 is 11.9. The summed E-state index contributed by atoms with van der Waals surface area (Å²) in [6, 6.07) is 11.1. The molecule has 0 heterocycles. The van der Waals surface area contributed by atoms with Gasteiger partial charge in [0.05, 0.1) is 16.0 Å². The molecule has 0 atom stereocenters. The topological polar surface area (TPSA) is 128 Å². The van der Waals surface area contributed by atoms with Crippen LogP contribution in [-0.2, 0) is 11.4 Å². The molecule has 0 saturated heterocycles. The van der Waals surface area contributed by atoms with Crippen LogP contribution < -0.4 is 15.2 Å². The van der Waals surface area contributed by atoms with Crippen LogP contribution >= 0.6 is 15.9 Å². The highest BCUT2D eigenvalue weighted by atomic mass is 79.9. The summed E-state index contributed by atoms with van der Waals surface area (Å²) in [5, 5.41) is 19.9. The van der Waals surface area contributed by atoms with E-state index in [1.807, 2.05) is 0 Å². The molecule has 1 amide bonds. The number of rotatable bonds is 8. The molecule has 8 nitrogen and oxygen atoms in total. The van der Waals surface area contributed by atoms with E-state index in [0.717, 1.165) is 0 Å². The number of hydrogen-bond acceptors (Lipinski definition) is 6. The molecule has 0 aromatic heterocycles. The fourth-order valence-electron chi connectivity index (χ4n) is 2.31. The molecule has 0 unspecified atom stereocenters. The van der Waals surface area contributed by atoms with Crippen LogP contribution in [0.25, 0.3) is 6.08 Å². The van der Waals surface area contributed by atoms with Gasteiger partial charge in [0.1, 0.15) is 18.2 Å². The summed E-state index contributed by atoms with van der Waals surface area (Å²) in [4.78, 5) is 21.7. The zero-order valence-electron chi connectivity index (χ0n) is 14.8. The molecule has 0 saturated carbocycles. The van der Waals surface area contributed by atoms with Crippen molar-refractivity contribution in [2.45, 2.75) is 13.5 Å². The zero-order chi connectivity index (χ0) is 20.7. The molecule has 0 fully saturated rings. The van der Waals surface area contributed by atoms with Crippen LogP contribution in [0.1, 0.15) is 18.1 Å². The fourth-order valence-corrected chi connectivity index (χ4v) is 2.89. The number of benzene rings is 2. The largest absolute Gasteiger partial charge is 0.490 e. The first-order chi connectivity index (χ1) is 13.3. The molecule has 144 valence electrons. The lowest BCUT2D eigenvalue weighted by Crippen LogP contribution is -2.12. The minimum atomic E-state index is -0.831. The monoisotopic (exact) mass is 445 g/mol. The number of hydrogen-bond donors (Lipinski definition) is 1. The van der Waals surface area contributed by atoms with Gasteiger partial charge in [-0.05, 0) is 52.2 Å². The average Bonchev–Trinajstić information content (AvgIpc) is 2.65. The molecule has 0 radical (unpaired) electrons. The smallest absolute Gasteiger partial charge is 0.269 e. The Hall–Kier alpha value is -3.38. The van der Waals surface area contributed by atoms with Gasteiger partial charge in [-0.2, -0.15) is 5.26 Å². The van der Waals surface area contributed by atoms with Gasteiger partial charge in [0.15, 0.2) is 11.5 Å². The van der Waals surface area contributed by atoms with E-state index in [1.54, 1.807) is 37.3 Å². The van der Waals surface area contributed by atoms with Crippen LogP contribution in [0.15, 0.2) is 46.4 Å². The second-order valence-electron chi connectivity index (χ2n) is 5.51. The predicted octanol–water partition coefficient (Wildman–Crippen LogP) is 3.73. The van der Waals surface area contributed by atoms with E-state index in [1.165, 1.54) is 18.2 Å². The van der Waals surface area contributed by atoms with Crippen molar-refractivity contribution in [2.24, 2.45) is 5.73 Å². The van der Waals surface area contributed by atoms with Crippen molar-refractivity contribution in [1.29, 1.82) is 5.26 Å². The van der Waals surface area contributed by atoms with Crippen LogP contribution in [0.4, 0.5) is 5.69 Å². The van der Waals surface area contributed by atoms with Crippen molar-refractivity contribution in [1.82, 2.24) is 0 Å². The molecule has 0 aliphatic heterocycles. The molecule has 28 heavy (non-hydrogen) atoms. The van der Waals surface area contributed by atoms with Gasteiger partial charge >= 0.3 is 0 Å². The number of nitriles is 1. The third-order valence-electron chi connectivity index (χ3n) is 3.53. The number of halogens is 1. The van der Waals surface area contributed by atoms with Crippen molar-refractivity contribution in [3.8, 4) is 17.6 Å². The van der Waals surface area contributed by atoms with E-state index in [4.69, 9.17) is 20.5 Å². The number of nitrogens with two attached hydrogens (primary N) is 1. The lowest BCUT2D eigenvalue weighted by Gasteiger charge is -2.15. The van der Waals surface area contributed by atoms with Gasteiger partial charge in [0, 0.05) is 12.1 Å². The van der Waals surface area contributed by atoms with Crippen molar-refractivity contribution in [3.63, 3.8) is 0 Å². The van der Waals surface area contributed by atoms with E-state index < -0.39 is 10.8 Å². The maximum Gasteiger partial charge on any atom is 0.269 e. The summed E-state index contributed by atoms with van der Waals surface area (Å²) in [6.07, 6.45) is 1.35. The van der Waals surface area contributed by atoms with E-state index in [0.29, 0.717) is 33.7 Å². The number of non-ortho nitro benzene ring substituents is 1. The molecule has 2 aromatic carbocycles. The highest BCUT2D eigenvalue weighted by molar-refractivity contribution is 9.10. The third kappa shape index (κ3) is 5.31. The Morgan fingerprint density at radius 3 is 2.71 bits per heavy atom. The Morgan fingerprint density at radius 2 is 2.11 bits per heavy atom. The molecule has 0 aliphatic carbocycles. The van der Waals surface area contributed by atoms with Gasteiger partial charge < -0.3 is 15.2 Å². The molecular weight excluding hydrogens is 430 g/mol. The van der Waals surface area contributed by atoms with Crippen LogP contribution in [0.3, 0.4) is 0 Å². The summed E-state index contributed by atoms with van der Waals surface area (Å²) >= 11 is 3.39. The van der Waals surface area contributed by atoms with E-state index >= 15 is 0 Å². The van der Waals surface area contributed by atoms with Crippen molar-refractivity contribution in [3.05, 3.63) is 67.7 Å². The Morgan fingerprint density at radius 1 is 1.36 bits per heavy atom. The van der Waals surface area contributed by atoms with Gasteiger partial charge in [-0.3, -0.25) is 14.9 Å². The van der Waals surface area contributed by atoms with Gasteiger partial charge in [0.2, 0.25) is 0 Å². The Labute approximate surface area is 169 Å². The second kappa shape index (κ2) is 9.53. The Balaban J connectivity index is 2.34. The summed E-state index contributed by atoms with van der Waals surface area (Å²) in [5.41, 5.74) is 6.08. The Bertz CT molecular complexity index is 982. The summed E-state index contributed by atoms with van der Waals surface area (Å²) in [6.45, 7) is 2.23. The van der Waals surface area contributed by atoms with Gasteiger partial charge in [-0.15, -0.1) is 0 Å². The lowest BCUT2D eigenvalue weighted by atomic mass is 10.1. The number of nitro groups is 1. The summed E-state index contributed by atoms with van der Waals surface area (Å²) in [7, 11) is 0. The molecule has 2 N–H and O–H groups in total. The van der Waals surface area contributed by atoms with Gasteiger partial charge in [0.25, 0.3) is 11.6 Å². The predicted molar refractivity (Wildman–Crippen MR) is 106 cm³/mol. The zero-order valence-corrected chi connectivity index (χ0v) is 16.4. The molecule has 9 heteroatoms. The molecular formula is C19H16BrN3O5. The van der Waals surface area contributed by atoms with Crippen LogP contribution in [-0.4, -0.2) is 17.4 Å². The minimum Gasteiger partial charge on any atom is -0.490 e. The maximum absolute atomic E-state index is 11.2. The fraction of sp³-hybridized carbons (Fsp3) is 0.158. The quantitative estimate of drug-likeness (QED) is 0.285. The van der Waals surface area contributed by atoms with Gasteiger partial charge in [-0.1, -0.05) is 12.1 Å². The molecule has 0 bridgehead atoms. The molecule has 2 rings (SSSR count). The third-order valence-corrected chi connectivity index (χ3v) is 4.12. The van der Waals surface area contributed by atoms with Gasteiger partial charge in [-0.25, -0.2) is 0 Å². The number of primary amides is 1. The first-order valence-electron chi connectivity index (χ1n) is 8.09. The van der Waals surface area contributed by atoms with Crippen LogP contribution in [0.2, 0.25) is 0 Å². The number of nitro benzene ring substituents is 1. The van der Waals surface area contributed by atoms with Crippen molar-refractivity contribution < 1.29 is 19.2 Å². The Kier molecular flexibility index (Phi) is 7.12. The van der Waals surface area contributed by atoms with Crippen LogP contribution in [0.5, 0.6) is 11.5 Å². The van der Waals surface area contributed by atoms with E-state index in [9.17, 15) is 14.9 Å². The minimum absolute atomic E-state index is 0.0267. The first-order valence-corrected chi connectivity index (χ1v) is 8.89.